The van der Waals surface area contributed by atoms with Crippen molar-refractivity contribution in [2.75, 3.05) is 20.3 Å². The lowest BCUT2D eigenvalue weighted by Gasteiger charge is -2.29. The predicted molar refractivity (Wildman–Crippen MR) is 64.3 cm³/mol. The molecule has 0 aromatic heterocycles. The summed E-state index contributed by atoms with van der Waals surface area (Å²) in [6.45, 7) is 7.69. The Balaban J connectivity index is 2.47. The van der Waals surface area contributed by atoms with Gasteiger partial charge in [-0.1, -0.05) is 0 Å². The van der Waals surface area contributed by atoms with Crippen LogP contribution < -0.4 is 14.8 Å². The average molecular weight is 221 g/mol. The molecule has 0 radical (unpaired) electrons. The zero-order chi connectivity index (χ0) is 11.8. The summed E-state index contributed by atoms with van der Waals surface area (Å²) in [4.78, 5) is 0. The topological polar surface area (TPSA) is 30.5 Å². The molecular weight excluding hydrogens is 202 g/mol. The molecule has 0 spiro atoms. The van der Waals surface area contributed by atoms with E-state index in [9.17, 15) is 0 Å². The number of rotatable bonds is 2. The fourth-order valence-electron chi connectivity index (χ4n) is 2.00. The first kappa shape index (κ1) is 11.3. The fraction of sp³-hybridized carbons (Fsp3) is 0.538. The molecule has 1 heterocycles. The first-order valence-corrected chi connectivity index (χ1v) is 5.64. The summed E-state index contributed by atoms with van der Waals surface area (Å²) >= 11 is 0. The van der Waals surface area contributed by atoms with Crippen LogP contribution in [0.1, 0.15) is 25.0 Å². The molecule has 1 aliphatic heterocycles. The third kappa shape index (κ3) is 1.87. The van der Waals surface area contributed by atoms with Crippen molar-refractivity contribution in [1.82, 2.24) is 5.32 Å². The molecule has 0 amide bonds. The maximum atomic E-state index is 5.61. The highest BCUT2D eigenvalue weighted by Gasteiger charge is 2.23. The Morgan fingerprint density at radius 3 is 2.25 bits per heavy atom. The van der Waals surface area contributed by atoms with Crippen molar-refractivity contribution < 1.29 is 9.47 Å². The fourth-order valence-corrected chi connectivity index (χ4v) is 2.00. The quantitative estimate of drug-likeness (QED) is 0.830. The molecule has 16 heavy (non-hydrogen) atoms. The van der Waals surface area contributed by atoms with Crippen LogP contribution in [0.5, 0.6) is 11.5 Å². The molecule has 0 saturated heterocycles. The number of ether oxygens (including phenoxy) is 2. The average Bonchev–Trinajstić information content (AvgIpc) is 2.28. The van der Waals surface area contributed by atoms with Gasteiger partial charge in [-0.3, -0.25) is 0 Å². The Morgan fingerprint density at radius 1 is 1.12 bits per heavy atom. The molecule has 3 nitrogen and oxygen atoms in total. The number of hydrogen-bond donors (Lipinski definition) is 1. The zero-order valence-corrected chi connectivity index (χ0v) is 10.4. The van der Waals surface area contributed by atoms with Crippen molar-refractivity contribution in [2.24, 2.45) is 0 Å². The SMILES string of the molecule is CNC(C)(C)c1cc2c(cc1C)OCCO2. The van der Waals surface area contributed by atoms with Crippen molar-refractivity contribution >= 4 is 0 Å². The molecule has 0 atom stereocenters. The summed E-state index contributed by atoms with van der Waals surface area (Å²) in [6.07, 6.45) is 0. The summed E-state index contributed by atoms with van der Waals surface area (Å²) in [7, 11) is 1.97. The van der Waals surface area contributed by atoms with Crippen LogP contribution in [0.25, 0.3) is 0 Å². The highest BCUT2D eigenvalue weighted by atomic mass is 16.6. The van der Waals surface area contributed by atoms with Crippen LogP contribution >= 0.6 is 0 Å². The maximum absolute atomic E-state index is 5.61. The van der Waals surface area contributed by atoms with E-state index in [-0.39, 0.29) is 5.54 Å². The minimum Gasteiger partial charge on any atom is -0.486 e. The second-order valence-corrected chi connectivity index (χ2v) is 4.69. The molecule has 0 aliphatic carbocycles. The standard InChI is InChI=1S/C13H19NO2/c1-9-7-11-12(16-6-5-15-11)8-10(9)13(2,3)14-4/h7-8,14H,5-6H2,1-4H3. The first-order valence-electron chi connectivity index (χ1n) is 5.64. The van der Waals surface area contributed by atoms with Crippen LogP contribution in [-0.4, -0.2) is 20.3 Å². The Kier molecular flexibility index (Phi) is 2.80. The van der Waals surface area contributed by atoms with Gasteiger partial charge in [-0.2, -0.15) is 0 Å². The summed E-state index contributed by atoms with van der Waals surface area (Å²) in [6, 6.07) is 4.14. The molecular formula is C13H19NO2. The number of benzene rings is 1. The molecule has 1 N–H and O–H groups in total. The lowest BCUT2D eigenvalue weighted by molar-refractivity contribution is 0.171. The van der Waals surface area contributed by atoms with Gasteiger partial charge >= 0.3 is 0 Å². The summed E-state index contributed by atoms with van der Waals surface area (Å²) < 4.78 is 11.2. The molecule has 0 saturated carbocycles. The van der Waals surface area contributed by atoms with E-state index in [1.54, 1.807) is 0 Å². The van der Waals surface area contributed by atoms with E-state index in [0.717, 1.165) is 11.5 Å². The Bertz CT molecular complexity index is 399. The number of fused-ring (bicyclic) bond motifs is 1. The summed E-state index contributed by atoms with van der Waals surface area (Å²) in [5.41, 5.74) is 2.42. The molecule has 1 aromatic rings. The molecule has 0 bridgehead atoms. The van der Waals surface area contributed by atoms with Crippen molar-refractivity contribution in [1.29, 1.82) is 0 Å². The van der Waals surface area contributed by atoms with Crippen molar-refractivity contribution in [2.45, 2.75) is 26.3 Å². The van der Waals surface area contributed by atoms with Crippen LogP contribution in [0.15, 0.2) is 12.1 Å². The molecule has 0 fully saturated rings. The summed E-state index contributed by atoms with van der Waals surface area (Å²) in [5, 5.41) is 3.31. The van der Waals surface area contributed by atoms with Gasteiger partial charge in [0.25, 0.3) is 0 Å². The minimum atomic E-state index is -0.0556. The van der Waals surface area contributed by atoms with Crippen LogP contribution in [0.4, 0.5) is 0 Å². The molecule has 1 aliphatic rings. The van der Waals surface area contributed by atoms with Gasteiger partial charge in [-0.25, -0.2) is 0 Å². The van der Waals surface area contributed by atoms with Gasteiger partial charge in [0.2, 0.25) is 0 Å². The predicted octanol–water partition coefficient (Wildman–Crippen LogP) is 2.22. The van der Waals surface area contributed by atoms with Crippen molar-refractivity contribution in [3.63, 3.8) is 0 Å². The molecule has 1 aromatic carbocycles. The second-order valence-electron chi connectivity index (χ2n) is 4.69. The minimum absolute atomic E-state index is 0.0556. The Labute approximate surface area is 96.8 Å². The van der Waals surface area contributed by atoms with Gasteiger partial charge in [-0.05, 0) is 51.1 Å². The number of nitrogens with one attached hydrogen (secondary N) is 1. The van der Waals surface area contributed by atoms with Crippen LogP contribution in [0.2, 0.25) is 0 Å². The normalized spacial score (nSPS) is 15.0. The van der Waals surface area contributed by atoms with E-state index in [4.69, 9.17) is 9.47 Å². The van der Waals surface area contributed by atoms with Crippen LogP contribution in [0, 0.1) is 6.92 Å². The molecule has 0 unspecified atom stereocenters. The third-order valence-electron chi connectivity index (χ3n) is 3.19. The van der Waals surface area contributed by atoms with E-state index >= 15 is 0 Å². The van der Waals surface area contributed by atoms with Gasteiger partial charge in [0.05, 0.1) is 0 Å². The molecule has 2 rings (SSSR count). The van der Waals surface area contributed by atoms with Crippen molar-refractivity contribution in [3.05, 3.63) is 23.3 Å². The highest BCUT2D eigenvalue weighted by molar-refractivity contribution is 5.49. The van der Waals surface area contributed by atoms with Crippen LogP contribution in [-0.2, 0) is 5.54 Å². The van der Waals surface area contributed by atoms with E-state index in [0.29, 0.717) is 13.2 Å². The maximum Gasteiger partial charge on any atom is 0.161 e. The van der Waals surface area contributed by atoms with Gasteiger partial charge < -0.3 is 14.8 Å². The van der Waals surface area contributed by atoms with E-state index < -0.39 is 0 Å². The second kappa shape index (κ2) is 3.98. The van der Waals surface area contributed by atoms with Gasteiger partial charge in [0.15, 0.2) is 11.5 Å². The van der Waals surface area contributed by atoms with Gasteiger partial charge in [0.1, 0.15) is 13.2 Å². The number of aryl methyl sites for hydroxylation is 1. The van der Waals surface area contributed by atoms with E-state index in [1.807, 2.05) is 7.05 Å². The largest absolute Gasteiger partial charge is 0.486 e. The van der Waals surface area contributed by atoms with E-state index in [1.165, 1.54) is 11.1 Å². The monoisotopic (exact) mass is 221 g/mol. The van der Waals surface area contributed by atoms with Crippen LogP contribution in [0.3, 0.4) is 0 Å². The highest BCUT2D eigenvalue weighted by Crippen LogP contribution is 2.36. The molecule has 88 valence electrons. The van der Waals surface area contributed by atoms with E-state index in [2.05, 4.69) is 38.2 Å². The molecule has 3 heteroatoms. The van der Waals surface area contributed by atoms with Gasteiger partial charge in [0, 0.05) is 5.54 Å². The van der Waals surface area contributed by atoms with Gasteiger partial charge in [-0.15, -0.1) is 0 Å². The summed E-state index contributed by atoms with van der Waals surface area (Å²) in [5.74, 6) is 1.72. The smallest absolute Gasteiger partial charge is 0.161 e. The third-order valence-corrected chi connectivity index (χ3v) is 3.19. The lowest BCUT2D eigenvalue weighted by Crippen LogP contribution is -2.34. The first-order chi connectivity index (χ1) is 7.54. The Hall–Kier alpha value is -1.22. The van der Waals surface area contributed by atoms with Crippen molar-refractivity contribution in [3.8, 4) is 11.5 Å². The Morgan fingerprint density at radius 2 is 1.69 bits per heavy atom. The number of hydrogen-bond acceptors (Lipinski definition) is 3. The lowest BCUT2D eigenvalue weighted by atomic mass is 9.90. The zero-order valence-electron chi connectivity index (χ0n) is 10.4.